The summed E-state index contributed by atoms with van der Waals surface area (Å²) in [6, 6.07) is 2.23. The molecule has 0 radical (unpaired) electrons. The van der Waals surface area contributed by atoms with Gasteiger partial charge >= 0.3 is 0 Å². The average Bonchev–Trinajstić information content (AvgIpc) is 2.97. The van der Waals surface area contributed by atoms with Crippen molar-refractivity contribution < 1.29 is 14.7 Å². The van der Waals surface area contributed by atoms with E-state index in [4.69, 9.17) is 0 Å². The molecule has 2 aliphatic carbocycles. The second-order valence-electron chi connectivity index (χ2n) is 6.80. The Morgan fingerprint density at radius 3 is 2.72 bits per heavy atom. The first kappa shape index (κ1) is 17.7. The van der Waals surface area contributed by atoms with E-state index in [0.29, 0.717) is 29.3 Å². The molecule has 2 aliphatic rings. The second-order valence-corrected chi connectivity index (χ2v) is 7.91. The van der Waals surface area contributed by atoms with Crippen molar-refractivity contribution in [3.05, 3.63) is 28.2 Å². The minimum absolute atomic E-state index is 0.310. The van der Waals surface area contributed by atoms with Gasteiger partial charge in [-0.25, -0.2) is 0 Å². The molecule has 0 aromatic carbocycles. The Kier molecular flexibility index (Phi) is 5.24. The predicted molar refractivity (Wildman–Crippen MR) is 93.8 cm³/mol. The van der Waals surface area contributed by atoms with Crippen molar-refractivity contribution in [2.75, 3.05) is 5.32 Å². The molecule has 1 aromatic rings. The van der Waals surface area contributed by atoms with Gasteiger partial charge in [-0.3, -0.25) is 4.79 Å². The summed E-state index contributed by atoms with van der Waals surface area (Å²) in [6.45, 7) is 2.17. The number of carboxylic acid groups (broad SMARTS) is 1. The third-order valence-electron chi connectivity index (χ3n) is 5.37. The molecule has 0 bridgehead atoms. The molecule has 0 spiro atoms. The largest absolute Gasteiger partial charge is 0.550 e. The first-order valence-electron chi connectivity index (χ1n) is 8.76. The summed E-state index contributed by atoms with van der Waals surface area (Å²) in [6.07, 6.45) is 8.32. The number of allylic oxidation sites excluding steroid dienone is 2. The van der Waals surface area contributed by atoms with Crippen LogP contribution in [0.15, 0.2) is 12.2 Å². The van der Waals surface area contributed by atoms with Gasteiger partial charge in [0.25, 0.3) is 0 Å². The monoisotopic (exact) mass is 357 g/mol. The van der Waals surface area contributed by atoms with Crippen molar-refractivity contribution in [3.8, 4) is 6.07 Å². The van der Waals surface area contributed by atoms with E-state index in [0.717, 1.165) is 31.2 Å². The summed E-state index contributed by atoms with van der Waals surface area (Å²) >= 11 is 1.47. The number of nitrogens with one attached hydrogen (secondary N) is 1. The van der Waals surface area contributed by atoms with Crippen molar-refractivity contribution >= 4 is 28.2 Å². The number of thiophene rings is 1. The number of anilines is 1. The zero-order chi connectivity index (χ0) is 18.0. The Balaban J connectivity index is 1.82. The van der Waals surface area contributed by atoms with Crippen LogP contribution in [0.4, 0.5) is 5.00 Å². The lowest BCUT2D eigenvalue weighted by atomic mass is 9.82. The first-order chi connectivity index (χ1) is 12.0. The molecule has 1 amide bonds. The highest BCUT2D eigenvalue weighted by molar-refractivity contribution is 7.16. The number of aliphatic carboxylic acids is 1. The number of carboxylic acids is 1. The molecule has 1 N–H and O–H groups in total. The smallest absolute Gasteiger partial charge is 0.229 e. The highest BCUT2D eigenvalue weighted by Gasteiger charge is 2.32. The molecule has 25 heavy (non-hydrogen) atoms. The lowest BCUT2D eigenvalue weighted by Gasteiger charge is -2.28. The van der Waals surface area contributed by atoms with E-state index in [-0.39, 0.29) is 5.91 Å². The van der Waals surface area contributed by atoms with Gasteiger partial charge in [-0.15, -0.1) is 11.3 Å². The topological polar surface area (TPSA) is 93.0 Å². The summed E-state index contributed by atoms with van der Waals surface area (Å²) in [5.74, 6) is -2.35. The Morgan fingerprint density at radius 1 is 1.36 bits per heavy atom. The maximum Gasteiger partial charge on any atom is 0.229 e. The SMILES string of the molecule is CC[C@H]1CCc2c(sc(NC(=O)[C@H]3CC=CC[C@@H]3C(=O)[O-])c2C#N)C1. The fraction of sp³-hybridized carbons (Fsp3) is 0.526. The summed E-state index contributed by atoms with van der Waals surface area (Å²) in [4.78, 5) is 25.1. The van der Waals surface area contributed by atoms with E-state index in [1.54, 1.807) is 6.08 Å². The number of carbonyl (C=O) groups is 2. The van der Waals surface area contributed by atoms with Crippen LogP contribution >= 0.6 is 11.3 Å². The summed E-state index contributed by atoms with van der Waals surface area (Å²) in [5, 5.41) is 24.2. The standard InChI is InChI=1S/C19H22N2O3S/c1-2-11-7-8-12-15(10-20)18(25-16(12)9-11)21-17(22)13-5-3-4-6-14(13)19(23)24/h3-4,11,13-14H,2,5-9H2,1H3,(H,21,22)(H,23,24)/p-1/t11-,13-,14-/m0/s1. The molecular formula is C19H21N2O3S-. The van der Waals surface area contributed by atoms with Crippen LogP contribution in [-0.2, 0) is 22.4 Å². The number of amides is 1. The van der Waals surface area contributed by atoms with Gasteiger partial charge in [0.05, 0.1) is 11.5 Å². The number of hydrogen-bond acceptors (Lipinski definition) is 5. The molecule has 1 heterocycles. The van der Waals surface area contributed by atoms with Crippen molar-refractivity contribution in [2.45, 2.75) is 45.4 Å². The number of rotatable bonds is 4. The van der Waals surface area contributed by atoms with E-state index in [1.807, 2.05) is 6.08 Å². The maximum atomic E-state index is 12.6. The first-order valence-corrected chi connectivity index (χ1v) is 9.58. The maximum absolute atomic E-state index is 12.6. The van der Waals surface area contributed by atoms with Crippen LogP contribution in [0, 0.1) is 29.1 Å². The van der Waals surface area contributed by atoms with Crippen molar-refractivity contribution in [2.24, 2.45) is 17.8 Å². The fourth-order valence-corrected chi connectivity index (χ4v) is 5.09. The number of fused-ring (bicyclic) bond motifs is 1. The molecule has 1 aromatic heterocycles. The summed E-state index contributed by atoms with van der Waals surface area (Å²) in [5.41, 5.74) is 1.62. The lowest BCUT2D eigenvalue weighted by molar-refractivity contribution is -0.313. The van der Waals surface area contributed by atoms with Crippen LogP contribution in [0.3, 0.4) is 0 Å². The predicted octanol–water partition coefficient (Wildman–Crippen LogP) is 2.41. The number of carbonyl (C=O) groups excluding carboxylic acids is 2. The number of nitriles is 1. The van der Waals surface area contributed by atoms with Gasteiger partial charge in [0.1, 0.15) is 11.1 Å². The zero-order valence-corrected chi connectivity index (χ0v) is 15.0. The highest BCUT2D eigenvalue weighted by Crippen LogP contribution is 2.40. The minimum Gasteiger partial charge on any atom is -0.550 e. The van der Waals surface area contributed by atoms with Crippen molar-refractivity contribution in [1.29, 1.82) is 5.26 Å². The van der Waals surface area contributed by atoms with Crippen LogP contribution in [0.25, 0.3) is 0 Å². The van der Waals surface area contributed by atoms with Crippen LogP contribution in [-0.4, -0.2) is 11.9 Å². The third-order valence-corrected chi connectivity index (χ3v) is 6.53. The van der Waals surface area contributed by atoms with Gasteiger partial charge in [-0.2, -0.15) is 5.26 Å². The molecule has 3 rings (SSSR count). The van der Waals surface area contributed by atoms with E-state index >= 15 is 0 Å². The Labute approximate surface area is 151 Å². The normalized spacial score (nSPS) is 25.0. The number of nitrogens with zero attached hydrogens (tertiary/aromatic N) is 1. The van der Waals surface area contributed by atoms with Crippen LogP contribution in [0.5, 0.6) is 0 Å². The fourth-order valence-electron chi connectivity index (χ4n) is 3.78. The van der Waals surface area contributed by atoms with E-state index in [2.05, 4.69) is 18.3 Å². The molecule has 5 nitrogen and oxygen atoms in total. The molecule has 6 heteroatoms. The summed E-state index contributed by atoms with van der Waals surface area (Å²) in [7, 11) is 0. The molecule has 0 saturated carbocycles. The Morgan fingerprint density at radius 2 is 2.08 bits per heavy atom. The quantitative estimate of drug-likeness (QED) is 0.838. The van der Waals surface area contributed by atoms with Crippen LogP contribution < -0.4 is 10.4 Å². The van der Waals surface area contributed by atoms with Gasteiger partial charge in [-0.05, 0) is 43.6 Å². The number of hydrogen-bond donors (Lipinski definition) is 1. The van der Waals surface area contributed by atoms with Gasteiger partial charge < -0.3 is 15.2 Å². The van der Waals surface area contributed by atoms with Gasteiger partial charge in [0.15, 0.2) is 0 Å². The summed E-state index contributed by atoms with van der Waals surface area (Å²) < 4.78 is 0. The molecule has 132 valence electrons. The molecule has 0 saturated heterocycles. The van der Waals surface area contributed by atoms with E-state index < -0.39 is 17.8 Å². The van der Waals surface area contributed by atoms with Crippen LogP contribution in [0.2, 0.25) is 0 Å². The highest BCUT2D eigenvalue weighted by atomic mass is 32.1. The van der Waals surface area contributed by atoms with Gasteiger partial charge in [0.2, 0.25) is 5.91 Å². The van der Waals surface area contributed by atoms with E-state index in [1.165, 1.54) is 16.2 Å². The lowest BCUT2D eigenvalue weighted by Crippen LogP contribution is -2.41. The Bertz CT molecular complexity index is 759. The molecular weight excluding hydrogens is 336 g/mol. The Hall–Kier alpha value is -2.13. The minimum atomic E-state index is -1.19. The second kappa shape index (κ2) is 7.40. The van der Waals surface area contributed by atoms with Gasteiger partial charge in [-0.1, -0.05) is 25.5 Å². The van der Waals surface area contributed by atoms with Crippen molar-refractivity contribution in [1.82, 2.24) is 0 Å². The molecule has 0 fully saturated rings. The molecule has 0 unspecified atom stereocenters. The average molecular weight is 357 g/mol. The third kappa shape index (κ3) is 3.47. The molecule has 0 aliphatic heterocycles. The van der Waals surface area contributed by atoms with Gasteiger partial charge in [0, 0.05) is 16.8 Å². The zero-order valence-electron chi connectivity index (χ0n) is 14.2. The van der Waals surface area contributed by atoms with E-state index in [9.17, 15) is 20.0 Å². The van der Waals surface area contributed by atoms with Crippen molar-refractivity contribution in [3.63, 3.8) is 0 Å². The molecule has 3 atom stereocenters. The van der Waals surface area contributed by atoms with Crippen LogP contribution in [0.1, 0.15) is 48.6 Å².